The highest BCUT2D eigenvalue weighted by molar-refractivity contribution is 7.97. The second kappa shape index (κ2) is 10.1. The summed E-state index contributed by atoms with van der Waals surface area (Å²) in [6.45, 7) is 3.40. The van der Waals surface area contributed by atoms with Crippen molar-refractivity contribution in [1.82, 2.24) is 14.2 Å². The van der Waals surface area contributed by atoms with Crippen molar-refractivity contribution in [2.45, 2.75) is 29.9 Å². The molecule has 0 atom stereocenters. The van der Waals surface area contributed by atoms with E-state index in [0.717, 1.165) is 36.8 Å². The van der Waals surface area contributed by atoms with Gasteiger partial charge < -0.3 is 9.64 Å². The van der Waals surface area contributed by atoms with Crippen LogP contribution in [0.25, 0.3) is 22.0 Å². The summed E-state index contributed by atoms with van der Waals surface area (Å²) >= 11 is 1.81. The molecule has 36 heavy (non-hydrogen) atoms. The minimum Gasteiger partial charge on any atom is -0.363 e. The number of piperidine rings is 1. The van der Waals surface area contributed by atoms with Gasteiger partial charge in [0.05, 0.1) is 17.7 Å². The first-order valence-corrected chi connectivity index (χ1v) is 13.3. The number of carbonyl (C=O) groups is 1. The zero-order valence-electron chi connectivity index (χ0n) is 20.2. The first-order chi connectivity index (χ1) is 17.7. The fourth-order valence-corrected chi connectivity index (χ4v) is 6.05. The van der Waals surface area contributed by atoms with Crippen LogP contribution in [0.3, 0.4) is 0 Å². The Morgan fingerprint density at radius 2 is 1.67 bits per heavy atom. The quantitative estimate of drug-likeness (QED) is 0.327. The molecule has 0 N–H and O–H groups in total. The molecule has 182 valence electrons. The molecular formula is C30H29N3O2S. The SMILES string of the molecule is O=C1COC2(CCN(Sc3ccc(-c4ccc5cccnc5c4)cc3)CC2)CN1Cc1ccccc1. The Bertz CT molecular complexity index is 1350. The van der Waals surface area contributed by atoms with E-state index in [-0.39, 0.29) is 18.1 Å². The Labute approximate surface area is 216 Å². The number of carbonyl (C=O) groups excluding carboxylic acids is 1. The first kappa shape index (κ1) is 23.2. The first-order valence-electron chi connectivity index (χ1n) is 12.5. The summed E-state index contributed by atoms with van der Waals surface area (Å²) in [5, 5.41) is 1.16. The molecule has 0 saturated carbocycles. The molecule has 3 heterocycles. The topological polar surface area (TPSA) is 45.7 Å². The molecule has 3 aromatic carbocycles. The lowest BCUT2D eigenvalue weighted by atomic mass is 9.90. The molecule has 4 aromatic rings. The predicted molar refractivity (Wildman–Crippen MR) is 144 cm³/mol. The summed E-state index contributed by atoms with van der Waals surface area (Å²) in [7, 11) is 0. The van der Waals surface area contributed by atoms with Gasteiger partial charge in [0.2, 0.25) is 5.91 Å². The van der Waals surface area contributed by atoms with E-state index in [2.05, 4.69) is 70.0 Å². The standard InChI is InChI=1S/C30H29N3O2S/c34-29-21-35-30(22-32(29)20-23-5-2-1-3-6-23)14-17-33(18-15-30)36-27-12-10-24(11-13-27)26-9-8-25-7-4-16-31-28(25)19-26/h1-13,16,19H,14-15,17-18,20-22H2. The molecule has 5 nitrogen and oxygen atoms in total. The van der Waals surface area contributed by atoms with Crippen molar-refractivity contribution in [2.75, 3.05) is 26.2 Å². The molecule has 0 radical (unpaired) electrons. The highest BCUT2D eigenvalue weighted by Crippen LogP contribution is 2.36. The van der Waals surface area contributed by atoms with Gasteiger partial charge in [-0.3, -0.25) is 9.78 Å². The minimum atomic E-state index is -0.228. The van der Waals surface area contributed by atoms with Crippen LogP contribution >= 0.6 is 11.9 Å². The maximum absolute atomic E-state index is 12.5. The van der Waals surface area contributed by atoms with Crippen LogP contribution in [0.15, 0.2) is 96.0 Å². The summed E-state index contributed by atoms with van der Waals surface area (Å²) in [4.78, 5) is 20.2. The van der Waals surface area contributed by atoms with Crippen molar-refractivity contribution in [3.8, 4) is 11.1 Å². The van der Waals surface area contributed by atoms with Crippen LogP contribution in [0, 0.1) is 0 Å². The number of pyridine rings is 1. The average molecular weight is 496 g/mol. The largest absolute Gasteiger partial charge is 0.363 e. The van der Waals surface area contributed by atoms with E-state index in [1.165, 1.54) is 21.6 Å². The van der Waals surface area contributed by atoms with E-state index in [0.29, 0.717) is 13.1 Å². The zero-order chi connectivity index (χ0) is 24.4. The van der Waals surface area contributed by atoms with Crippen LogP contribution < -0.4 is 0 Å². The van der Waals surface area contributed by atoms with Crippen molar-refractivity contribution in [3.63, 3.8) is 0 Å². The van der Waals surface area contributed by atoms with Crippen molar-refractivity contribution >= 4 is 28.8 Å². The summed E-state index contributed by atoms with van der Waals surface area (Å²) in [6.07, 6.45) is 3.70. The third kappa shape index (κ3) is 5.03. The molecule has 6 heteroatoms. The van der Waals surface area contributed by atoms with Crippen LogP contribution in [0.1, 0.15) is 18.4 Å². The summed E-state index contributed by atoms with van der Waals surface area (Å²) in [5.41, 5.74) is 4.34. The number of ether oxygens (including phenoxy) is 1. The summed E-state index contributed by atoms with van der Waals surface area (Å²) < 4.78 is 8.57. The lowest BCUT2D eigenvalue weighted by Gasteiger charge is -2.46. The second-order valence-corrected chi connectivity index (χ2v) is 10.8. The second-order valence-electron chi connectivity index (χ2n) is 9.66. The van der Waals surface area contributed by atoms with Crippen LogP contribution in [0.5, 0.6) is 0 Å². The van der Waals surface area contributed by atoms with Gasteiger partial charge in [-0.05, 0) is 65.7 Å². The molecule has 0 unspecified atom stereocenters. The number of hydrogen-bond acceptors (Lipinski definition) is 5. The number of hydrogen-bond donors (Lipinski definition) is 0. The lowest BCUT2D eigenvalue weighted by Crippen LogP contribution is -2.57. The Morgan fingerprint density at radius 1 is 0.889 bits per heavy atom. The molecular weight excluding hydrogens is 466 g/mol. The van der Waals surface area contributed by atoms with E-state index < -0.39 is 0 Å². The smallest absolute Gasteiger partial charge is 0.248 e. The number of amides is 1. The molecule has 2 saturated heterocycles. The highest BCUT2D eigenvalue weighted by atomic mass is 32.2. The molecule has 2 aliphatic rings. The molecule has 0 bridgehead atoms. The molecule has 6 rings (SSSR count). The highest BCUT2D eigenvalue weighted by Gasteiger charge is 2.42. The number of morpholine rings is 1. The van der Waals surface area contributed by atoms with E-state index in [1.807, 2.05) is 47.3 Å². The van der Waals surface area contributed by atoms with E-state index in [9.17, 15) is 4.79 Å². The Morgan fingerprint density at radius 3 is 2.47 bits per heavy atom. The fourth-order valence-electron chi connectivity index (χ4n) is 5.13. The van der Waals surface area contributed by atoms with Crippen molar-refractivity contribution in [3.05, 3.63) is 96.7 Å². The maximum Gasteiger partial charge on any atom is 0.248 e. The third-order valence-electron chi connectivity index (χ3n) is 7.21. The van der Waals surface area contributed by atoms with Crippen LogP contribution in [0.4, 0.5) is 0 Å². The number of benzene rings is 3. The summed E-state index contributed by atoms with van der Waals surface area (Å²) in [6, 6.07) is 29.5. The van der Waals surface area contributed by atoms with Gasteiger partial charge in [0, 0.05) is 36.1 Å². The number of nitrogens with zero attached hydrogens (tertiary/aromatic N) is 3. The summed E-state index contributed by atoms with van der Waals surface area (Å²) in [5.74, 6) is 0.0866. The van der Waals surface area contributed by atoms with E-state index in [4.69, 9.17) is 4.74 Å². The molecule has 1 spiro atoms. The third-order valence-corrected chi connectivity index (χ3v) is 8.32. The minimum absolute atomic E-state index is 0.0866. The molecule has 0 aliphatic carbocycles. The van der Waals surface area contributed by atoms with Gasteiger partial charge in [-0.25, -0.2) is 4.31 Å². The monoisotopic (exact) mass is 495 g/mol. The Balaban J connectivity index is 1.06. The van der Waals surface area contributed by atoms with Crippen molar-refractivity contribution < 1.29 is 9.53 Å². The molecule has 2 fully saturated rings. The normalized spacial score (nSPS) is 18.1. The molecule has 1 aromatic heterocycles. The number of rotatable bonds is 5. The van der Waals surface area contributed by atoms with Gasteiger partial charge in [-0.2, -0.15) is 0 Å². The molecule has 2 aliphatic heterocycles. The van der Waals surface area contributed by atoms with Gasteiger partial charge in [0.25, 0.3) is 0 Å². The van der Waals surface area contributed by atoms with Crippen LogP contribution in [-0.4, -0.2) is 51.9 Å². The van der Waals surface area contributed by atoms with E-state index in [1.54, 1.807) is 0 Å². The van der Waals surface area contributed by atoms with Crippen LogP contribution in [-0.2, 0) is 16.1 Å². The zero-order valence-corrected chi connectivity index (χ0v) is 21.0. The predicted octanol–water partition coefficient (Wildman–Crippen LogP) is 5.80. The van der Waals surface area contributed by atoms with Gasteiger partial charge in [-0.15, -0.1) is 0 Å². The maximum atomic E-state index is 12.5. The van der Waals surface area contributed by atoms with E-state index >= 15 is 0 Å². The van der Waals surface area contributed by atoms with Gasteiger partial charge in [0.15, 0.2) is 0 Å². The number of fused-ring (bicyclic) bond motifs is 1. The van der Waals surface area contributed by atoms with Crippen molar-refractivity contribution in [1.29, 1.82) is 0 Å². The molecule has 1 amide bonds. The Kier molecular flexibility index (Phi) is 6.48. The van der Waals surface area contributed by atoms with Gasteiger partial charge in [0.1, 0.15) is 6.61 Å². The fraction of sp³-hybridized carbons (Fsp3) is 0.267. The average Bonchev–Trinajstić information content (AvgIpc) is 2.93. The lowest BCUT2D eigenvalue weighted by molar-refractivity contribution is -0.170. The van der Waals surface area contributed by atoms with Gasteiger partial charge in [-0.1, -0.05) is 60.7 Å². The number of aromatic nitrogens is 1. The van der Waals surface area contributed by atoms with Crippen molar-refractivity contribution in [2.24, 2.45) is 0 Å². The Hall–Kier alpha value is -3.19. The van der Waals surface area contributed by atoms with Gasteiger partial charge >= 0.3 is 0 Å². The van der Waals surface area contributed by atoms with Crippen LogP contribution in [0.2, 0.25) is 0 Å².